The van der Waals surface area contributed by atoms with Crippen molar-refractivity contribution in [3.8, 4) is 5.75 Å². The number of hydrogen-bond acceptors (Lipinski definition) is 6. The van der Waals surface area contributed by atoms with Crippen LogP contribution in [0.3, 0.4) is 0 Å². The van der Waals surface area contributed by atoms with Crippen molar-refractivity contribution < 1.29 is 14.3 Å². The van der Waals surface area contributed by atoms with Gasteiger partial charge in [-0.3, -0.25) is 9.59 Å². The molecule has 1 aliphatic heterocycles. The van der Waals surface area contributed by atoms with E-state index < -0.39 is 6.04 Å². The Bertz CT molecular complexity index is 888. The van der Waals surface area contributed by atoms with Crippen LogP contribution in [0.25, 0.3) is 0 Å². The molecule has 1 aliphatic rings. The Kier molecular flexibility index (Phi) is 7.44. The molecule has 1 saturated heterocycles. The zero-order valence-electron chi connectivity index (χ0n) is 18.6. The maximum Gasteiger partial charge on any atom is 0.243 e. The lowest BCUT2D eigenvalue weighted by molar-refractivity contribution is -0.128. The van der Waals surface area contributed by atoms with Crippen LogP contribution in [0, 0.1) is 13.8 Å². The summed E-state index contributed by atoms with van der Waals surface area (Å²) >= 11 is 0. The van der Waals surface area contributed by atoms with Crippen LogP contribution in [0.2, 0.25) is 0 Å². The van der Waals surface area contributed by atoms with E-state index in [0.717, 1.165) is 54.6 Å². The predicted octanol–water partition coefficient (Wildman–Crippen LogP) is 1.93. The molecule has 2 N–H and O–H groups in total. The minimum absolute atomic E-state index is 0.0572. The van der Waals surface area contributed by atoms with Crippen molar-refractivity contribution in [2.75, 3.05) is 25.1 Å². The average molecular weight is 426 g/mol. The molecule has 0 radical (unpaired) electrons. The van der Waals surface area contributed by atoms with Gasteiger partial charge >= 0.3 is 0 Å². The quantitative estimate of drug-likeness (QED) is 0.704. The fourth-order valence-corrected chi connectivity index (χ4v) is 3.83. The normalized spacial score (nSPS) is 15.3. The van der Waals surface area contributed by atoms with Gasteiger partial charge in [0.05, 0.1) is 7.11 Å². The van der Waals surface area contributed by atoms with Crippen LogP contribution >= 0.6 is 0 Å². The molecule has 2 heterocycles. The first kappa shape index (κ1) is 22.5. The number of carbonyl (C=O) groups is 2. The minimum Gasteiger partial charge on any atom is -0.497 e. The van der Waals surface area contributed by atoms with E-state index in [2.05, 4.69) is 25.5 Å². The number of nitrogens with zero attached hydrogens (tertiary/aromatic N) is 3. The van der Waals surface area contributed by atoms with Crippen LogP contribution in [-0.2, 0) is 16.0 Å². The van der Waals surface area contributed by atoms with Crippen LogP contribution in [-0.4, -0.2) is 54.1 Å². The van der Waals surface area contributed by atoms with Crippen LogP contribution in [0.5, 0.6) is 5.75 Å². The third kappa shape index (κ3) is 6.41. The lowest BCUT2D eigenvalue weighted by atomic mass is 10.0. The Morgan fingerprint density at radius 2 is 1.74 bits per heavy atom. The molecule has 1 unspecified atom stereocenters. The van der Waals surface area contributed by atoms with Crippen LogP contribution in [0.4, 0.5) is 5.95 Å². The first-order chi connectivity index (χ1) is 14.8. The van der Waals surface area contributed by atoms with Gasteiger partial charge in [0.25, 0.3) is 0 Å². The van der Waals surface area contributed by atoms with E-state index >= 15 is 0 Å². The van der Waals surface area contributed by atoms with Crippen molar-refractivity contribution in [1.29, 1.82) is 0 Å². The lowest BCUT2D eigenvalue weighted by Crippen LogP contribution is -2.52. The Morgan fingerprint density at radius 1 is 1.13 bits per heavy atom. The number of aromatic nitrogens is 2. The highest BCUT2D eigenvalue weighted by Gasteiger charge is 2.26. The summed E-state index contributed by atoms with van der Waals surface area (Å²) in [5.41, 5.74) is 2.86. The van der Waals surface area contributed by atoms with Gasteiger partial charge in [0.1, 0.15) is 11.8 Å². The highest BCUT2D eigenvalue weighted by molar-refractivity contribution is 5.87. The van der Waals surface area contributed by atoms with Crippen molar-refractivity contribution >= 4 is 17.8 Å². The maximum absolute atomic E-state index is 12.9. The third-order valence-electron chi connectivity index (χ3n) is 5.39. The molecule has 166 valence electrons. The molecule has 0 saturated carbocycles. The van der Waals surface area contributed by atoms with Gasteiger partial charge < -0.3 is 20.3 Å². The van der Waals surface area contributed by atoms with Gasteiger partial charge in [-0.15, -0.1) is 0 Å². The van der Waals surface area contributed by atoms with E-state index in [-0.39, 0.29) is 17.9 Å². The molecular formula is C23H31N5O3. The van der Waals surface area contributed by atoms with Gasteiger partial charge in [-0.05, 0) is 50.5 Å². The third-order valence-corrected chi connectivity index (χ3v) is 5.39. The summed E-state index contributed by atoms with van der Waals surface area (Å²) in [6.45, 7) is 6.91. The van der Waals surface area contributed by atoms with Crippen LogP contribution in [0.1, 0.15) is 36.7 Å². The van der Waals surface area contributed by atoms with Gasteiger partial charge in [-0.2, -0.15) is 0 Å². The van der Waals surface area contributed by atoms with Crippen molar-refractivity contribution in [2.24, 2.45) is 0 Å². The molecule has 8 nitrogen and oxygen atoms in total. The largest absolute Gasteiger partial charge is 0.497 e. The van der Waals surface area contributed by atoms with Crippen molar-refractivity contribution in [2.45, 2.75) is 52.1 Å². The molecule has 1 fully saturated rings. The zero-order chi connectivity index (χ0) is 22.4. The molecule has 2 amide bonds. The van der Waals surface area contributed by atoms with Gasteiger partial charge in [0, 0.05) is 43.9 Å². The van der Waals surface area contributed by atoms with E-state index in [1.165, 1.54) is 6.92 Å². The van der Waals surface area contributed by atoms with E-state index in [0.29, 0.717) is 6.42 Å². The fourth-order valence-electron chi connectivity index (χ4n) is 3.83. The molecule has 1 atom stereocenters. The Labute approximate surface area is 183 Å². The Morgan fingerprint density at radius 3 is 2.29 bits per heavy atom. The van der Waals surface area contributed by atoms with Crippen molar-refractivity contribution in [1.82, 2.24) is 20.6 Å². The monoisotopic (exact) mass is 425 g/mol. The molecule has 8 heteroatoms. The Hall–Kier alpha value is -3.16. The molecular weight excluding hydrogens is 394 g/mol. The summed E-state index contributed by atoms with van der Waals surface area (Å²) < 4.78 is 5.18. The first-order valence-electron chi connectivity index (χ1n) is 10.6. The zero-order valence-corrected chi connectivity index (χ0v) is 18.6. The van der Waals surface area contributed by atoms with Gasteiger partial charge in [0.2, 0.25) is 17.8 Å². The number of carbonyl (C=O) groups excluding carboxylic acids is 2. The van der Waals surface area contributed by atoms with Gasteiger partial charge in [-0.1, -0.05) is 12.1 Å². The molecule has 2 aromatic rings. The maximum atomic E-state index is 12.9. The number of aryl methyl sites for hydroxylation is 2. The standard InChI is InChI=1S/C23H31N5O3/c1-15-13-16(2)25-23(24-15)28-11-9-19(10-12-28)27-22(30)21(26-17(3)29)14-18-5-7-20(31-4)8-6-18/h5-8,13,19,21H,9-12,14H2,1-4H3,(H,26,29)(H,27,30). The molecule has 31 heavy (non-hydrogen) atoms. The summed E-state index contributed by atoms with van der Waals surface area (Å²) in [6.07, 6.45) is 2.03. The first-order valence-corrected chi connectivity index (χ1v) is 10.6. The highest BCUT2D eigenvalue weighted by Crippen LogP contribution is 2.18. The van der Waals surface area contributed by atoms with E-state index in [1.54, 1.807) is 7.11 Å². The Balaban J connectivity index is 1.58. The summed E-state index contributed by atoms with van der Waals surface area (Å²) in [5.74, 6) is 1.12. The molecule has 0 spiro atoms. The second kappa shape index (κ2) is 10.2. The number of hydrogen-bond donors (Lipinski definition) is 2. The number of amides is 2. The number of benzene rings is 1. The van der Waals surface area contributed by atoms with Crippen LogP contribution < -0.4 is 20.3 Å². The van der Waals surface area contributed by atoms with Crippen molar-refractivity contribution in [3.05, 3.63) is 47.3 Å². The van der Waals surface area contributed by atoms with Gasteiger partial charge in [0.15, 0.2) is 0 Å². The summed E-state index contributed by atoms with van der Waals surface area (Å²) in [7, 11) is 1.61. The second-order valence-corrected chi connectivity index (χ2v) is 8.03. The highest BCUT2D eigenvalue weighted by atomic mass is 16.5. The number of anilines is 1. The number of piperidine rings is 1. The predicted molar refractivity (Wildman–Crippen MR) is 119 cm³/mol. The second-order valence-electron chi connectivity index (χ2n) is 8.03. The SMILES string of the molecule is COc1ccc(CC(NC(C)=O)C(=O)NC2CCN(c3nc(C)cc(C)n3)CC2)cc1. The summed E-state index contributed by atoms with van der Waals surface area (Å²) in [6, 6.07) is 8.91. The van der Waals surface area contributed by atoms with Gasteiger partial charge in [-0.25, -0.2) is 9.97 Å². The number of ether oxygens (including phenoxy) is 1. The molecule has 0 bridgehead atoms. The summed E-state index contributed by atoms with van der Waals surface area (Å²) in [5, 5.41) is 5.90. The molecule has 1 aromatic carbocycles. The van der Waals surface area contributed by atoms with E-state index in [9.17, 15) is 9.59 Å². The van der Waals surface area contributed by atoms with Crippen LogP contribution in [0.15, 0.2) is 30.3 Å². The number of methoxy groups -OCH3 is 1. The minimum atomic E-state index is -0.619. The summed E-state index contributed by atoms with van der Waals surface area (Å²) in [4.78, 5) is 35.8. The lowest BCUT2D eigenvalue weighted by Gasteiger charge is -2.33. The molecule has 0 aliphatic carbocycles. The smallest absolute Gasteiger partial charge is 0.243 e. The van der Waals surface area contributed by atoms with E-state index in [1.807, 2.05) is 44.2 Å². The van der Waals surface area contributed by atoms with Crippen molar-refractivity contribution in [3.63, 3.8) is 0 Å². The number of rotatable bonds is 7. The molecule has 3 rings (SSSR count). The van der Waals surface area contributed by atoms with E-state index in [4.69, 9.17) is 4.74 Å². The molecule has 1 aromatic heterocycles. The number of nitrogens with one attached hydrogen (secondary N) is 2. The topological polar surface area (TPSA) is 96.4 Å². The average Bonchev–Trinajstić information content (AvgIpc) is 2.73. The fraction of sp³-hybridized carbons (Fsp3) is 0.478.